The molecule has 0 radical (unpaired) electrons. The number of amides is 2. The number of hydrogen-bond acceptors (Lipinski definition) is 6. The smallest absolute Gasteiger partial charge is 0.255 e. The molecule has 0 atom stereocenters. The number of piperidine rings is 1. The molecular formula is C26H28N4O5S. The van der Waals surface area contributed by atoms with Crippen molar-refractivity contribution in [3.8, 4) is 11.1 Å². The molecule has 36 heavy (non-hydrogen) atoms. The fraction of sp³-hybridized carbons (Fsp3) is 0.269. The van der Waals surface area contributed by atoms with E-state index in [0.29, 0.717) is 54.0 Å². The van der Waals surface area contributed by atoms with Crippen LogP contribution in [0.1, 0.15) is 39.3 Å². The molecule has 2 heterocycles. The molecule has 1 aliphatic heterocycles. The van der Waals surface area contributed by atoms with Gasteiger partial charge in [-0.2, -0.15) is 4.31 Å². The van der Waals surface area contributed by atoms with Crippen LogP contribution in [0.15, 0.2) is 65.7 Å². The Hall–Kier alpha value is -3.60. The number of nitrogens with two attached hydrogens (primary N) is 1. The lowest BCUT2D eigenvalue weighted by molar-refractivity contribution is 0.0998. The summed E-state index contributed by atoms with van der Waals surface area (Å²) < 4.78 is 27.6. The quantitative estimate of drug-likeness (QED) is 0.448. The molecule has 0 aliphatic carbocycles. The van der Waals surface area contributed by atoms with Gasteiger partial charge in [0.1, 0.15) is 0 Å². The Kier molecular flexibility index (Phi) is 7.48. The average molecular weight is 509 g/mol. The number of aromatic nitrogens is 1. The number of carbonyl (C=O) groups excluding carboxylic acids is 2. The number of nitrogens with one attached hydrogen (secondary N) is 1. The minimum Gasteiger partial charge on any atom is -0.396 e. The highest BCUT2D eigenvalue weighted by Gasteiger charge is 2.29. The van der Waals surface area contributed by atoms with Gasteiger partial charge >= 0.3 is 0 Å². The SMILES string of the molecule is Cc1ncc(NC(=O)c2cccc(S(=O)(=O)N3CCC(CO)CC3)c2)cc1-c1ccccc1C(N)=O. The van der Waals surface area contributed by atoms with Crippen molar-refractivity contribution in [2.45, 2.75) is 24.7 Å². The van der Waals surface area contributed by atoms with Crippen LogP contribution in [0.2, 0.25) is 0 Å². The monoisotopic (exact) mass is 508 g/mol. The highest BCUT2D eigenvalue weighted by atomic mass is 32.2. The van der Waals surface area contributed by atoms with Crippen molar-refractivity contribution in [2.24, 2.45) is 11.7 Å². The van der Waals surface area contributed by atoms with E-state index in [9.17, 15) is 23.1 Å². The van der Waals surface area contributed by atoms with E-state index in [-0.39, 0.29) is 23.0 Å². The van der Waals surface area contributed by atoms with E-state index < -0.39 is 21.8 Å². The first-order chi connectivity index (χ1) is 17.2. The first-order valence-corrected chi connectivity index (χ1v) is 13.0. The van der Waals surface area contributed by atoms with Crippen LogP contribution in [-0.4, -0.2) is 54.3 Å². The zero-order chi connectivity index (χ0) is 25.9. The zero-order valence-corrected chi connectivity index (χ0v) is 20.7. The molecule has 4 rings (SSSR count). The average Bonchev–Trinajstić information content (AvgIpc) is 2.89. The molecule has 1 aromatic heterocycles. The van der Waals surface area contributed by atoms with Crippen molar-refractivity contribution >= 4 is 27.5 Å². The Morgan fingerprint density at radius 1 is 1.08 bits per heavy atom. The maximum Gasteiger partial charge on any atom is 0.255 e. The van der Waals surface area contributed by atoms with Crippen molar-refractivity contribution in [1.29, 1.82) is 0 Å². The van der Waals surface area contributed by atoms with Gasteiger partial charge in [0.25, 0.3) is 5.91 Å². The Balaban J connectivity index is 1.57. The highest BCUT2D eigenvalue weighted by molar-refractivity contribution is 7.89. The van der Waals surface area contributed by atoms with E-state index in [0.717, 1.165) is 0 Å². The predicted molar refractivity (Wildman–Crippen MR) is 136 cm³/mol. The van der Waals surface area contributed by atoms with Crippen LogP contribution in [0.4, 0.5) is 5.69 Å². The molecule has 2 aromatic carbocycles. The lowest BCUT2D eigenvalue weighted by Crippen LogP contribution is -2.39. The summed E-state index contributed by atoms with van der Waals surface area (Å²) in [6.45, 7) is 2.49. The highest BCUT2D eigenvalue weighted by Crippen LogP contribution is 2.29. The summed E-state index contributed by atoms with van der Waals surface area (Å²) >= 11 is 0. The van der Waals surface area contributed by atoms with Crippen molar-refractivity contribution in [3.63, 3.8) is 0 Å². The van der Waals surface area contributed by atoms with Crippen molar-refractivity contribution in [2.75, 3.05) is 25.0 Å². The molecule has 188 valence electrons. The number of nitrogens with zero attached hydrogens (tertiary/aromatic N) is 2. The van der Waals surface area contributed by atoms with Crippen LogP contribution in [-0.2, 0) is 10.0 Å². The van der Waals surface area contributed by atoms with Crippen LogP contribution >= 0.6 is 0 Å². The minimum atomic E-state index is -3.77. The lowest BCUT2D eigenvalue weighted by Gasteiger charge is -2.30. The van der Waals surface area contributed by atoms with Gasteiger partial charge in [-0.3, -0.25) is 14.6 Å². The third-order valence-corrected chi connectivity index (χ3v) is 8.29. The van der Waals surface area contributed by atoms with E-state index in [1.54, 1.807) is 37.3 Å². The number of aryl methyl sites for hydroxylation is 1. The minimum absolute atomic E-state index is 0.0377. The molecule has 1 aliphatic rings. The van der Waals surface area contributed by atoms with Crippen LogP contribution < -0.4 is 11.1 Å². The molecule has 0 saturated carbocycles. The summed E-state index contributed by atoms with van der Waals surface area (Å²) in [7, 11) is -3.77. The predicted octanol–water partition coefficient (Wildman–Crippen LogP) is 2.80. The topological polar surface area (TPSA) is 143 Å². The van der Waals surface area contributed by atoms with Gasteiger partial charge in [0.2, 0.25) is 15.9 Å². The molecule has 10 heteroatoms. The number of rotatable bonds is 7. The number of benzene rings is 2. The third kappa shape index (κ3) is 5.30. The van der Waals surface area contributed by atoms with Crippen LogP contribution in [0.3, 0.4) is 0 Å². The summed E-state index contributed by atoms with van der Waals surface area (Å²) in [6, 6.07) is 14.5. The molecule has 3 aromatic rings. The maximum atomic E-state index is 13.1. The van der Waals surface area contributed by atoms with Crippen LogP contribution in [0.5, 0.6) is 0 Å². The molecule has 9 nitrogen and oxygen atoms in total. The largest absolute Gasteiger partial charge is 0.396 e. The molecule has 0 bridgehead atoms. The number of pyridine rings is 1. The van der Waals surface area contributed by atoms with E-state index in [4.69, 9.17) is 5.73 Å². The fourth-order valence-electron chi connectivity index (χ4n) is 4.29. The van der Waals surface area contributed by atoms with Crippen LogP contribution in [0, 0.1) is 12.8 Å². The summed E-state index contributed by atoms with van der Waals surface area (Å²) in [6.07, 6.45) is 2.69. The Labute approximate surface area is 210 Å². The Bertz CT molecular complexity index is 1400. The molecule has 4 N–H and O–H groups in total. The number of anilines is 1. The Morgan fingerprint density at radius 3 is 2.50 bits per heavy atom. The van der Waals surface area contributed by atoms with E-state index in [1.807, 2.05) is 0 Å². The zero-order valence-electron chi connectivity index (χ0n) is 19.8. The van der Waals surface area contributed by atoms with Gasteiger partial charge in [0.15, 0.2) is 0 Å². The number of primary amides is 1. The van der Waals surface area contributed by atoms with E-state index in [2.05, 4.69) is 10.3 Å². The molecular weight excluding hydrogens is 480 g/mol. The maximum absolute atomic E-state index is 13.1. The fourth-order valence-corrected chi connectivity index (χ4v) is 5.81. The number of carbonyl (C=O) groups is 2. The van der Waals surface area contributed by atoms with Gasteiger partial charge in [-0.15, -0.1) is 0 Å². The van der Waals surface area contributed by atoms with Crippen molar-refractivity contribution < 1.29 is 23.1 Å². The van der Waals surface area contributed by atoms with Gasteiger partial charge in [0.05, 0.1) is 16.8 Å². The molecule has 0 unspecified atom stereocenters. The Morgan fingerprint density at radius 2 is 1.81 bits per heavy atom. The van der Waals surface area contributed by atoms with Gasteiger partial charge in [-0.25, -0.2) is 8.42 Å². The second kappa shape index (κ2) is 10.6. The standard InChI is InChI=1S/C26H28N4O5S/c1-17-24(22-7-2-3-8-23(22)25(27)32)14-20(15-28-17)29-26(33)19-5-4-6-21(13-19)36(34,35)30-11-9-18(16-31)10-12-30/h2-8,13-15,18,31H,9-12,16H2,1H3,(H2,27,32)(H,29,33). The van der Waals surface area contributed by atoms with Crippen molar-refractivity contribution in [3.05, 3.63) is 77.6 Å². The van der Waals surface area contributed by atoms with Gasteiger partial charge < -0.3 is 16.2 Å². The number of aliphatic hydroxyl groups excluding tert-OH is 1. The molecule has 0 spiro atoms. The van der Waals surface area contributed by atoms with E-state index in [1.165, 1.54) is 34.8 Å². The molecule has 1 saturated heterocycles. The summed E-state index contributed by atoms with van der Waals surface area (Å²) in [5, 5.41) is 12.1. The third-order valence-electron chi connectivity index (χ3n) is 6.39. The van der Waals surface area contributed by atoms with E-state index >= 15 is 0 Å². The van der Waals surface area contributed by atoms with Gasteiger partial charge in [-0.1, -0.05) is 24.3 Å². The number of hydrogen-bond donors (Lipinski definition) is 3. The first kappa shape index (κ1) is 25.5. The number of aliphatic hydroxyl groups is 1. The summed E-state index contributed by atoms with van der Waals surface area (Å²) in [5.74, 6) is -0.958. The van der Waals surface area contributed by atoms with Gasteiger partial charge in [0, 0.05) is 42.1 Å². The summed E-state index contributed by atoms with van der Waals surface area (Å²) in [4.78, 5) is 29.3. The second-order valence-electron chi connectivity index (χ2n) is 8.78. The number of sulfonamides is 1. The van der Waals surface area contributed by atoms with Crippen molar-refractivity contribution in [1.82, 2.24) is 9.29 Å². The normalized spacial score (nSPS) is 14.9. The first-order valence-electron chi connectivity index (χ1n) is 11.6. The summed E-state index contributed by atoms with van der Waals surface area (Å²) in [5.41, 5.74) is 8.33. The second-order valence-corrected chi connectivity index (χ2v) is 10.7. The molecule has 2 amide bonds. The molecule has 1 fully saturated rings. The lowest BCUT2D eigenvalue weighted by atomic mass is 9.98. The van der Waals surface area contributed by atoms with Gasteiger partial charge in [-0.05, 0) is 61.6 Å². The van der Waals surface area contributed by atoms with Crippen LogP contribution in [0.25, 0.3) is 11.1 Å².